The first-order valence-electron chi connectivity index (χ1n) is 6.15. The van der Waals surface area contributed by atoms with Crippen molar-refractivity contribution < 1.29 is 9.21 Å². The van der Waals surface area contributed by atoms with Crippen LogP contribution in [0.5, 0.6) is 0 Å². The second kappa shape index (κ2) is 3.69. The van der Waals surface area contributed by atoms with Gasteiger partial charge in [-0.1, -0.05) is 30.3 Å². The van der Waals surface area contributed by atoms with E-state index in [0.29, 0.717) is 5.56 Å². The summed E-state index contributed by atoms with van der Waals surface area (Å²) in [6.45, 7) is 0. The number of hydrogen-bond acceptors (Lipinski definition) is 2. The number of furan rings is 1. The molecule has 1 aromatic heterocycles. The average Bonchev–Trinajstić information content (AvgIpc) is 2.95. The van der Waals surface area contributed by atoms with Crippen molar-refractivity contribution in [2.75, 3.05) is 0 Å². The van der Waals surface area contributed by atoms with Gasteiger partial charge in [-0.25, -0.2) is 0 Å². The molecule has 0 unspecified atom stereocenters. The van der Waals surface area contributed by atoms with Gasteiger partial charge in [0.05, 0.1) is 6.26 Å². The smallest absolute Gasteiger partial charge is 0.150 e. The van der Waals surface area contributed by atoms with E-state index in [1.54, 1.807) is 6.26 Å². The summed E-state index contributed by atoms with van der Waals surface area (Å²) in [6.07, 6.45) is 2.52. The highest BCUT2D eigenvalue weighted by molar-refractivity contribution is 6.18. The second-order valence-corrected chi connectivity index (χ2v) is 4.63. The highest BCUT2D eigenvalue weighted by Gasteiger charge is 2.10. The van der Waals surface area contributed by atoms with Gasteiger partial charge in [-0.05, 0) is 34.4 Å². The lowest BCUT2D eigenvalue weighted by Gasteiger charge is -2.05. The predicted octanol–water partition coefficient (Wildman–Crippen LogP) is 4.55. The molecule has 0 atom stereocenters. The quantitative estimate of drug-likeness (QED) is 0.364. The van der Waals surface area contributed by atoms with Gasteiger partial charge in [-0.15, -0.1) is 0 Å². The van der Waals surface area contributed by atoms with Crippen molar-refractivity contribution >= 4 is 38.8 Å². The van der Waals surface area contributed by atoms with Gasteiger partial charge in [-0.2, -0.15) is 0 Å². The van der Waals surface area contributed by atoms with E-state index in [2.05, 4.69) is 24.3 Å². The van der Waals surface area contributed by atoms with Crippen molar-refractivity contribution in [3.05, 3.63) is 60.4 Å². The van der Waals surface area contributed by atoms with Crippen molar-refractivity contribution in [2.24, 2.45) is 0 Å². The van der Waals surface area contributed by atoms with Crippen molar-refractivity contribution in [1.29, 1.82) is 0 Å². The van der Waals surface area contributed by atoms with Crippen molar-refractivity contribution in [3.8, 4) is 0 Å². The van der Waals surface area contributed by atoms with Crippen LogP contribution in [0.1, 0.15) is 10.4 Å². The Morgan fingerprint density at radius 2 is 1.74 bits per heavy atom. The minimum atomic E-state index is 0.674. The van der Waals surface area contributed by atoms with Gasteiger partial charge < -0.3 is 4.42 Å². The summed E-state index contributed by atoms with van der Waals surface area (Å²) in [7, 11) is 0. The number of fused-ring (bicyclic) bond motifs is 5. The maximum atomic E-state index is 11.3. The summed E-state index contributed by atoms with van der Waals surface area (Å²) in [5, 5.41) is 5.28. The molecular formula is C17H10O2. The SMILES string of the molecule is O=Cc1cc2c3ccccc3ccc2c2occc12. The van der Waals surface area contributed by atoms with E-state index in [0.717, 1.165) is 38.8 Å². The molecule has 0 aliphatic heterocycles. The fourth-order valence-corrected chi connectivity index (χ4v) is 2.73. The summed E-state index contributed by atoms with van der Waals surface area (Å²) in [4.78, 5) is 11.3. The first-order chi connectivity index (χ1) is 9.38. The third kappa shape index (κ3) is 1.34. The summed E-state index contributed by atoms with van der Waals surface area (Å²) in [5.74, 6) is 0. The minimum absolute atomic E-state index is 0.674. The van der Waals surface area contributed by atoms with Crippen LogP contribution < -0.4 is 0 Å². The molecule has 0 amide bonds. The van der Waals surface area contributed by atoms with Crippen molar-refractivity contribution in [2.45, 2.75) is 0 Å². The number of aldehydes is 1. The van der Waals surface area contributed by atoms with Gasteiger partial charge in [0.25, 0.3) is 0 Å². The molecule has 4 aromatic rings. The molecule has 4 rings (SSSR count). The zero-order valence-electron chi connectivity index (χ0n) is 10.1. The fraction of sp³-hybridized carbons (Fsp3) is 0. The lowest BCUT2D eigenvalue weighted by molar-refractivity contribution is 0.112. The molecule has 0 spiro atoms. The molecule has 3 aromatic carbocycles. The Kier molecular flexibility index (Phi) is 2.00. The molecule has 0 aliphatic carbocycles. The zero-order valence-corrected chi connectivity index (χ0v) is 10.1. The fourth-order valence-electron chi connectivity index (χ4n) is 2.73. The van der Waals surface area contributed by atoms with Crippen LogP contribution >= 0.6 is 0 Å². The molecule has 2 nitrogen and oxygen atoms in total. The number of carbonyl (C=O) groups is 1. The number of rotatable bonds is 1. The molecule has 0 fully saturated rings. The Labute approximate surface area is 109 Å². The molecule has 90 valence electrons. The largest absolute Gasteiger partial charge is 0.464 e. The molecule has 0 saturated heterocycles. The molecule has 19 heavy (non-hydrogen) atoms. The van der Waals surface area contributed by atoms with Gasteiger partial charge in [-0.3, -0.25) is 4.79 Å². The van der Waals surface area contributed by atoms with E-state index in [9.17, 15) is 4.79 Å². The Bertz CT molecular complexity index is 932. The van der Waals surface area contributed by atoms with Crippen LogP contribution in [-0.2, 0) is 0 Å². The maximum absolute atomic E-state index is 11.3. The molecule has 0 bridgehead atoms. The Morgan fingerprint density at radius 1 is 0.842 bits per heavy atom. The highest BCUT2D eigenvalue weighted by Crippen LogP contribution is 2.33. The lowest BCUT2D eigenvalue weighted by Crippen LogP contribution is -1.84. The number of hydrogen-bond donors (Lipinski definition) is 0. The van der Waals surface area contributed by atoms with E-state index in [1.165, 1.54) is 0 Å². The topological polar surface area (TPSA) is 30.2 Å². The molecule has 0 radical (unpaired) electrons. The number of benzene rings is 3. The second-order valence-electron chi connectivity index (χ2n) is 4.63. The van der Waals surface area contributed by atoms with Gasteiger partial charge in [0, 0.05) is 16.3 Å². The van der Waals surface area contributed by atoms with Crippen LogP contribution in [0.4, 0.5) is 0 Å². The Balaban J connectivity index is 2.34. The summed E-state index contributed by atoms with van der Waals surface area (Å²) < 4.78 is 5.56. The molecule has 0 aliphatic rings. The molecule has 0 N–H and O–H groups in total. The van der Waals surface area contributed by atoms with Gasteiger partial charge >= 0.3 is 0 Å². The van der Waals surface area contributed by atoms with Crippen molar-refractivity contribution in [1.82, 2.24) is 0 Å². The Morgan fingerprint density at radius 3 is 2.63 bits per heavy atom. The third-order valence-electron chi connectivity index (χ3n) is 3.62. The first-order valence-corrected chi connectivity index (χ1v) is 6.15. The van der Waals surface area contributed by atoms with Crippen LogP contribution in [-0.4, -0.2) is 6.29 Å². The van der Waals surface area contributed by atoms with Crippen LogP contribution in [0.25, 0.3) is 32.5 Å². The van der Waals surface area contributed by atoms with E-state index >= 15 is 0 Å². The lowest BCUT2D eigenvalue weighted by atomic mass is 9.98. The number of carbonyl (C=O) groups excluding carboxylic acids is 1. The van der Waals surface area contributed by atoms with E-state index in [1.807, 2.05) is 24.3 Å². The molecule has 2 heteroatoms. The zero-order chi connectivity index (χ0) is 12.8. The van der Waals surface area contributed by atoms with Crippen LogP contribution in [0.15, 0.2) is 59.2 Å². The summed E-state index contributed by atoms with van der Waals surface area (Å²) >= 11 is 0. The predicted molar refractivity (Wildman–Crippen MR) is 76.6 cm³/mol. The van der Waals surface area contributed by atoms with Crippen molar-refractivity contribution in [3.63, 3.8) is 0 Å². The van der Waals surface area contributed by atoms with Gasteiger partial charge in [0.1, 0.15) is 5.58 Å². The van der Waals surface area contributed by atoms with Gasteiger partial charge in [0.15, 0.2) is 6.29 Å². The van der Waals surface area contributed by atoms with Crippen LogP contribution in [0.3, 0.4) is 0 Å². The molecule has 0 saturated carbocycles. The monoisotopic (exact) mass is 246 g/mol. The molecule has 1 heterocycles. The minimum Gasteiger partial charge on any atom is -0.464 e. The Hall–Kier alpha value is -2.61. The summed E-state index contributed by atoms with van der Waals surface area (Å²) in [6, 6.07) is 16.1. The van der Waals surface area contributed by atoms with E-state index in [4.69, 9.17) is 4.42 Å². The van der Waals surface area contributed by atoms with E-state index < -0.39 is 0 Å². The van der Waals surface area contributed by atoms with Crippen LogP contribution in [0.2, 0.25) is 0 Å². The van der Waals surface area contributed by atoms with Crippen LogP contribution in [0, 0.1) is 0 Å². The highest BCUT2D eigenvalue weighted by atomic mass is 16.3. The third-order valence-corrected chi connectivity index (χ3v) is 3.62. The normalized spacial score (nSPS) is 11.4. The standard InChI is InChI=1S/C17H10O2/c18-10-12-9-16-13-4-2-1-3-11(13)5-6-15(16)17-14(12)7-8-19-17/h1-10H. The first kappa shape index (κ1) is 10.3. The van der Waals surface area contributed by atoms with Gasteiger partial charge in [0.2, 0.25) is 0 Å². The average molecular weight is 246 g/mol. The molecular weight excluding hydrogens is 236 g/mol. The summed E-state index contributed by atoms with van der Waals surface area (Å²) in [5.41, 5.74) is 1.46. The van der Waals surface area contributed by atoms with E-state index in [-0.39, 0.29) is 0 Å². The maximum Gasteiger partial charge on any atom is 0.150 e.